The molecule has 0 spiro atoms. The van der Waals surface area contributed by atoms with Gasteiger partial charge in [-0.25, -0.2) is 4.68 Å². The van der Waals surface area contributed by atoms with Gasteiger partial charge in [0.05, 0.1) is 17.5 Å². The highest BCUT2D eigenvalue weighted by molar-refractivity contribution is 5.81. The van der Waals surface area contributed by atoms with Gasteiger partial charge >= 0.3 is 5.97 Å². The molecule has 0 saturated carbocycles. The lowest BCUT2D eigenvalue weighted by Crippen LogP contribution is -2.36. The van der Waals surface area contributed by atoms with Crippen LogP contribution in [-0.2, 0) is 24.8 Å². The lowest BCUT2D eigenvalue weighted by Gasteiger charge is -2.33. The van der Waals surface area contributed by atoms with Gasteiger partial charge in [0.15, 0.2) is 0 Å². The zero-order valence-corrected chi connectivity index (χ0v) is 20.6. The number of aromatic nitrogens is 5. The molecule has 8 nitrogen and oxygen atoms in total. The average molecular weight is 473 g/mol. The van der Waals surface area contributed by atoms with Crippen molar-refractivity contribution >= 4 is 17.0 Å². The Balaban J connectivity index is 1.38. The third kappa shape index (κ3) is 4.71. The maximum atomic E-state index is 12.4. The van der Waals surface area contributed by atoms with Crippen LogP contribution >= 0.6 is 0 Å². The number of piperidine rings is 1. The predicted octanol–water partition coefficient (Wildman–Crippen LogP) is 4.03. The molecular formula is C27H32N6O2. The first-order chi connectivity index (χ1) is 16.9. The number of carboxylic acid groups (broad SMARTS) is 1. The fraction of sp³-hybridized carbons (Fsp3) is 0.407. The minimum absolute atomic E-state index is 0.382. The Morgan fingerprint density at radius 2 is 2.06 bits per heavy atom. The quantitative estimate of drug-likeness (QED) is 0.437. The molecule has 2 atom stereocenters. The van der Waals surface area contributed by atoms with Gasteiger partial charge in [-0.05, 0) is 79.6 Å². The van der Waals surface area contributed by atoms with Crippen LogP contribution in [0.5, 0.6) is 0 Å². The molecule has 0 aliphatic carbocycles. The topological polar surface area (TPSA) is 89.1 Å². The SMILES string of the molecule is Cc1ccc(C(Cc2ccc3c(nnn3C)c2C)C(=O)O)cc1CN1CCCC(n2cccn2)C1. The van der Waals surface area contributed by atoms with Crippen LogP contribution in [0, 0.1) is 13.8 Å². The number of hydrogen-bond acceptors (Lipinski definition) is 5. The highest BCUT2D eigenvalue weighted by Gasteiger charge is 2.25. The molecule has 1 aliphatic rings. The van der Waals surface area contributed by atoms with Gasteiger partial charge in [-0.3, -0.25) is 14.4 Å². The van der Waals surface area contributed by atoms with Crippen LogP contribution < -0.4 is 0 Å². The van der Waals surface area contributed by atoms with Crippen LogP contribution in [0.1, 0.15) is 52.6 Å². The van der Waals surface area contributed by atoms with E-state index >= 15 is 0 Å². The molecule has 1 saturated heterocycles. The monoisotopic (exact) mass is 472 g/mol. The number of benzene rings is 2. The van der Waals surface area contributed by atoms with E-state index in [1.807, 2.05) is 50.6 Å². The summed E-state index contributed by atoms with van der Waals surface area (Å²) in [6, 6.07) is 12.5. The van der Waals surface area contributed by atoms with Gasteiger partial charge in [-0.15, -0.1) is 5.10 Å². The molecule has 8 heteroatoms. The van der Waals surface area contributed by atoms with Crippen LogP contribution in [0.3, 0.4) is 0 Å². The van der Waals surface area contributed by atoms with Gasteiger partial charge < -0.3 is 5.11 Å². The van der Waals surface area contributed by atoms with E-state index < -0.39 is 11.9 Å². The highest BCUT2D eigenvalue weighted by Crippen LogP contribution is 2.29. The van der Waals surface area contributed by atoms with Crippen molar-refractivity contribution in [3.8, 4) is 0 Å². The van der Waals surface area contributed by atoms with E-state index in [9.17, 15) is 9.90 Å². The van der Waals surface area contributed by atoms with E-state index in [2.05, 4.69) is 44.0 Å². The second-order valence-electron chi connectivity index (χ2n) is 9.73. The van der Waals surface area contributed by atoms with E-state index in [4.69, 9.17) is 0 Å². The van der Waals surface area contributed by atoms with Crippen LogP contribution in [0.15, 0.2) is 48.8 Å². The molecular weight excluding hydrogens is 440 g/mol. The van der Waals surface area contributed by atoms with Gasteiger partial charge in [-0.2, -0.15) is 5.10 Å². The predicted molar refractivity (Wildman–Crippen MR) is 134 cm³/mol. The number of aryl methyl sites for hydroxylation is 3. The number of hydrogen-bond donors (Lipinski definition) is 1. The minimum atomic E-state index is -0.810. The zero-order chi connectivity index (χ0) is 24.5. The van der Waals surface area contributed by atoms with Gasteiger partial charge in [0.2, 0.25) is 0 Å². The normalized spacial score (nSPS) is 17.6. The number of carboxylic acids is 1. The molecule has 0 bridgehead atoms. The van der Waals surface area contributed by atoms with Crippen molar-refractivity contribution in [1.82, 2.24) is 29.7 Å². The van der Waals surface area contributed by atoms with E-state index in [0.29, 0.717) is 12.5 Å². The molecule has 2 unspecified atom stereocenters. The fourth-order valence-corrected chi connectivity index (χ4v) is 5.27. The van der Waals surface area contributed by atoms with E-state index in [1.54, 1.807) is 4.68 Å². The number of nitrogens with zero attached hydrogens (tertiary/aromatic N) is 6. The third-order valence-electron chi connectivity index (χ3n) is 7.42. The smallest absolute Gasteiger partial charge is 0.311 e. The summed E-state index contributed by atoms with van der Waals surface area (Å²) in [5.41, 5.74) is 6.99. The lowest BCUT2D eigenvalue weighted by molar-refractivity contribution is -0.138. The van der Waals surface area contributed by atoms with Crippen LogP contribution in [0.2, 0.25) is 0 Å². The summed E-state index contributed by atoms with van der Waals surface area (Å²) in [5.74, 6) is -1.43. The van der Waals surface area contributed by atoms with Gasteiger partial charge in [0.1, 0.15) is 5.52 Å². The molecule has 0 radical (unpaired) electrons. The van der Waals surface area contributed by atoms with Crippen molar-refractivity contribution in [3.05, 3.63) is 76.6 Å². The first-order valence-corrected chi connectivity index (χ1v) is 12.2. The first kappa shape index (κ1) is 23.2. The van der Waals surface area contributed by atoms with Crippen molar-refractivity contribution in [2.75, 3.05) is 13.1 Å². The van der Waals surface area contributed by atoms with Crippen molar-refractivity contribution in [2.45, 2.75) is 51.6 Å². The van der Waals surface area contributed by atoms with Crippen molar-refractivity contribution < 1.29 is 9.90 Å². The van der Waals surface area contributed by atoms with Gasteiger partial charge in [0.25, 0.3) is 0 Å². The molecule has 0 amide bonds. The molecule has 1 N–H and O–H groups in total. The average Bonchev–Trinajstić information content (AvgIpc) is 3.51. The number of rotatable bonds is 7. The second kappa shape index (κ2) is 9.62. The minimum Gasteiger partial charge on any atom is -0.481 e. The van der Waals surface area contributed by atoms with E-state index in [-0.39, 0.29) is 0 Å². The third-order valence-corrected chi connectivity index (χ3v) is 7.42. The Bertz CT molecular complexity index is 1340. The Kier molecular flexibility index (Phi) is 6.38. The summed E-state index contributed by atoms with van der Waals surface area (Å²) in [6.07, 6.45) is 6.56. The van der Waals surface area contributed by atoms with Crippen LogP contribution in [-0.4, -0.2) is 53.8 Å². The molecule has 4 aromatic rings. The standard InChI is InChI=1S/C27H32N6O2/c1-18-7-8-21(14-22(18)16-32-12-4-6-23(17-32)33-13-5-11-28-33)24(27(34)35)15-20-9-10-25-26(19(20)2)29-30-31(25)3/h5,7-11,13-14,23-24H,4,6,12,15-17H2,1-3H3,(H,34,35). The Morgan fingerprint density at radius 3 is 2.83 bits per heavy atom. The summed E-state index contributed by atoms with van der Waals surface area (Å²) in [4.78, 5) is 14.9. The largest absolute Gasteiger partial charge is 0.481 e. The van der Waals surface area contributed by atoms with Crippen molar-refractivity contribution in [1.29, 1.82) is 0 Å². The molecule has 2 aromatic heterocycles. The summed E-state index contributed by atoms with van der Waals surface area (Å²) in [6.45, 7) is 6.91. The molecule has 5 rings (SSSR count). The number of fused-ring (bicyclic) bond motifs is 1. The van der Waals surface area contributed by atoms with E-state index in [0.717, 1.165) is 60.2 Å². The molecule has 35 heavy (non-hydrogen) atoms. The van der Waals surface area contributed by atoms with Gasteiger partial charge in [0, 0.05) is 32.5 Å². The zero-order valence-electron chi connectivity index (χ0n) is 20.6. The van der Waals surface area contributed by atoms with E-state index in [1.165, 1.54) is 11.1 Å². The molecule has 1 aliphatic heterocycles. The molecule has 2 aromatic carbocycles. The fourth-order valence-electron chi connectivity index (χ4n) is 5.27. The second-order valence-corrected chi connectivity index (χ2v) is 9.73. The highest BCUT2D eigenvalue weighted by atomic mass is 16.4. The maximum Gasteiger partial charge on any atom is 0.311 e. The van der Waals surface area contributed by atoms with Crippen LogP contribution in [0.4, 0.5) is 0 Å². The molecule has 182 valence electrons. The number of likely N-dealkylation sites (tertiary alicyclic amines) is 1. The summed E-state index contributed by atoms with van der Waals surface area (Å²) in [7, 11) is 1.86. The number of aliphatic carboxylic acids is 1. The Morgan fingerprint density at radius 1 is 1.20 bits per heavy atom. The first-order valence-electron chi connectivity index (χ1n) is 12.2. The lowest BCUT2D eigenvalue weighted by atomic mass is 9.88. The Labute approximate surface area is 205 Å². The van der Waals surface area contributed by atoms with Crippen LogP contribution in [0.25, 0.3) is 11.0 Å². The summed E-state index contributed by atoms with van der Waals surface area (Å²) < 4.78 is 3.80. The van der Waals surface area contributed by atoms with Crippen molar-refractivity contribution in [3.63, 3.8) is 0 Å². The van der Waals surface area contributed by atoms with Gasteiger partial charge in [-0.1, -0.05) is 29.5 Å². The maximum absolute atomic E-state index is 12.4. The molecule has 3 heterocycles. The Hall–Kier alpha value is -3.52. The van der Waals surface area contributed by atoms with Crippen molar-refractivity contribution in [2.24, 2.45) is 7.05 Å². The number of carbonyl (C=O) groups is 1. The summed E-state index contributed by atoms with van der Waals surface area (Å²) >= 11 is 0. The summed E-state index contributed by atoms with van der Waals surface area (Å²) in [5, 5.41) is 23.0. The molecule has 1 fully saturated rings.